The molecule has 0 radical (unpaired) electrons. The highest BCUT2D eigenvalue weighted by Crippen LogP contribution is 2.26. The third-order valence-electron chi connectivity index (χ3n) is 4.06. The molecule has 0 saturated heterocycles. The third kappa shape index (κ3) is 4.88. The van der Waals surface area contributed by atoms with Crippen molar-refractivity contribution in [1.29, 1.82) is 0 Å². The predicted molar refractivity (Wildman–Crippen MR) is 93.5 cm³/mol. The highest BCUT2D eigenvalue weighted by Gasteiger charge is 2.27. The first-order chi connectivity index (χ1) is 11.2. The fourth-order valence-electron chi connectivity index (χ4n) is 2.78. The van der Waals surface area contributed by atoms with Crippen molar-refractivity contribution in [1.82, 2.24) is 0 Å². The van der Waals surface area contributed by atoms with Crippen LogP contribution in [-0.4, -0.2) is 11.6 Å². The molecule has 0 bridgehead atoms. The molecule has 0 aliphatic heterocycles. The summed E-state index contributed by atoms with van der Waals surface area (Å²) in [6, 6.07) is 19.1. The lowest BCUT2D eigenvalue weighted by Gasteiger charge is -2.16. The lowest BCUT2D eigenvalue weighted by atomic mass is 9.85. The summed E-state index contributed by atoms with van der Waals surface area (Å²) in [6.45, 7) is 2.13. The van der Waals surface area contributed by atoms with E-state index in [2.05, 4.69) is 6.92 Å². The molecule has 0 amide bonds. The normalized spacial score (nSPS) is 10.7. The number of benzene rings is 2. The Kier molecular flexibility index (Phi) is 6.74. The van der Waals surface area contributed by atoms with Gasteiger partial charge in [-0.25, -0.2) is 0 Å². The molecule has 0 aliphatic carbocycles. The van der Waals surface area contributed by atoms with Gasteiger partial charge in [-0.1, -0.05) is 86.8 Å². The van der Waals surface area contributed by atoms with Crippen LogP contribution in [0.3, 0.4) is 0 Å². The van der Waals surface area contributed by atoms with Crippen molar-refractivity contribution >= 4 is 11.6 Å². The Balaban J connectivity index is 2.17. The second-order valence-corrected chi connectivity index (χ2v) is 5.85. The molecule has 2 heteroatoms. The van der Waals surface area contributed by atoms with Crippen LogP contribution in [0.5, 0.6) is 0 Å². The minimum atomic E-state index is -0.490. The maximum atomic E-state index is 12.8. The molecule has 0 N–H and O–H groups in total. The summed E-state index contributed by atoms with van der Waals surface area (Å²) in [5, 5.41) is 0. The van der Waals surface area contributed by atoms with Gasteiger partial charge in [0.25, 0.3) is 0 Å². The van der Waals surface area contributed by atoms with Crippen LogP contribution in [0.15, 0.2) is 60.7 Å². The molecule has 0 aromatic heterocycles. The van der Waals surface area contributed by atoms with Crippen LogP contribution in [0.25, 0.3) is 0 Å². The highest BCUT2D eigenvalue weighted by molar-refractivity contribution is 6.39. The van der Waals surface area contributed by atoms with Crippen LogP contribution >= 0.6 is 0 Å². The zero-order valence-corrected chi connectivity index (χ0v) is 13.7. The summed E-state index contributed by atoms with van der Waals surface area (Å²) in [7, 11) is 0. The van der Waals surface area contributed by atoms with Gasteiger partial charge < -0.3 is 0 Å². The molecule has 0 saturated carbocycles. The summed E-state index contributed by atoms with van der Waals surface area (Å²) in [5.74, 6) is -1.03. The number of rotatable bonds is 9. The quantitative estimate of drug-likeness (QED) is 0.486. The molecule has 23 heavy (non-hydrogen) atoms. The number of carbonyl (C=O) groups excluding carboxylic acids is 2. The van der Waals surface area contributed by atoms with Gasteiger partial charge in [-0.3, -0.25) is 9.59 Å². The summed E-state index contributed by atoms with van der Waals surface area (Å²) in [6.07, 6.45) is 4.40. The number of hydrogen-bond acceptors (Lipinski definition) is 2. The Bertz CT molecular complexity index is 577. The topological polar surface area (TPSA) is 34.1 Å². The van der Waals surface area contributed by atoms with Gasteiger partial charge in [0.05, 0.1) is 5.92 Å². The van der Waals surface area contributed by atoms with E-state index in [4.69, 9.17) is 0 Å². The van der Waals surface area contributed by atoms with Gasteiger partial charge in [-0.05, 0) is 17.5 Å². The third-order valence-corrected chi connectivity index (χ3v) is 4.06. The Labute approximate surface area is 138 Å². The van der Waals surface area contributed by atoms with Crippen LogP contribution in [0, 0.1) is 0 Å². The van der Waals surface area contributed by atoms with E-state index >= 15 is 0 Å². The summed E-state index contributed by atoms with van der Waals surface area (Å²) >= 11 is 0. The lowest BCUT2D eigenvalue weighted by Crippen LogP contribution is -2.23. The van der Waals surface area contributed by atoms with Gasteiger partial charge in [-0.2, -0.15) is 0 Å². The first-order valence-corrected chi connectivity index (χ1v) is 8.41. The molecular formula is C21H24O2. The van der Waals surface area contributed by atoms with Crippen molar-refractivity contribution < 1.29 is 9.59 Å². The molecule has 0 aliphatic rings. The van der Waals surface area contributed by atoms with Crippen molar-refractivity contribution in [2.24, 2.45) is 0 Å². The van der Waals surface area contributed by atoms with Gasteiger partial charge in [-0.15, -0.1) is 0 Å². The molecule has 0 unspecified atom stereocenters. The molecule has 0 spiro atoms. The zero-order chi connectivity index (χ0) is 16.5. The number of Topliss-reactive ketones (excluding diaryl/α,β-unsaturated/α-hetero) is 2. The SMILES string of the molecule is CCCCCCC(=O)C(=O)C(c1ccccc1)c1ccccc1. The van der Waals surface area contributed by atoms with E-state index in [0.717, 1.165) is 36.8 Å². The van der Waals surface area contributed by atoms with Crippen molar-refractivity contribution in [3.05, 3.63) is 71.8 Å². The van der Waals surface area contributed by atoms with E-state index in [9.17, 15) is 9.59 Å². The van der Waals surface area contributed by atoms with Crippen LogP contribution in [0.4, 0.5) is 0 Å². The number of hydrogen-bond donors (Lipinski definition) is 0. The van der Waals surface area contributed by atoms with Crippen molar-refractivity contribution in [3.63, 3.8) is 0 Å². The number of unbranched alkanes of at least 4 members (excludes halogenated alkanes) is 3. The van der Waals surface area contributed by atoms with Crippen LogP contribution in [0.2, 0.25) is 0 Å². The van der Waals surface area contributed by atoms with Gasteiger partial charge in [0.1, 0.15) is 0 Å². The fraction of sp³-hybridized carbons (Fsp3) is 0.333. The first kappa shape index (κ1) is 17.1. The van der Waals surface area contributed by atoms with E-state index < -0.39 is 5.92 Å². The molecule has 2 nitrogen and oxygen atoms in total. The molecule has 2 aromatic rings. The maximum Gasteiger partial charge on any atom is 0.210 e. The molecule has 0 heterocycles. The minimum Gasteiger partial charge on any atom is -0.291 e. The predicted octanol–water partition coefficient (Wildman–Crippen LogP) is 4.93. The maximum absolute atomic E-state index is 12.8. The van der Waals surface area contributed by atoms with Gasteiger partial charge in [0, 0.05) is 6.42 Å². The summed E-state index contributed by atoms with van der Waals surface area (Å²) in [4.78, 5) is 25.1. The average molecular weight is 308 g/mol. The fourth-order valence-corrected chi connectivity index (χ4v) is 2.78. The monoisotopic (exact) mass is 308 g/mol. The Morgan fingerprint density at radius 3 is 1.78 bits per heavy atom. The van der Waals surface area contributed by atoms with E-state index in [1.807, 2.05) is 60.7 Å². The number of ketones is 2. The standard InChI is InChI=1S/C21H24O2/c1-2-3-4-11-16-19(22)21(23)20(17-12-7-5-8-13-17)18-14-9-6-10-15-18/h5-10,12-15,20H,2-4,11,16H2,1H3. The van der Waals surface area contributed by atoms with Crippen LogP contribution < -0.4 is 0 Å². The number of carbonyl (C=O) groups is 2. The molecule has 0 atom stereocenters. The van der Waals surface area contributed by atoms with Gasteiger partial charge in [0.2, 0.25) is 5.78 Å². The molecule has 2 rings (SSSR count). The van der Waals surface area contributed by atoms with Gasteiger partial charge >= 0.3 is 0 Å². The molecule has 0 fully saturated rings. The summed E-state index contributed by atoms with van der Waals surface area (Å²) in [5.41, 5.74) is 1.76. The van der Waals surface area contributed by atoms with Crippen molar-refractivity contribution in [2.75, 3.05) is 0 Å². The van der Waals surface area contributed by atoms with E-state index in [1.165, 1.54) is 0 Å². The Hall–Kier alpha value is -2.22. The highest BCUT2D eigenvalue weighted by atomic mass is 16.2. The first-order valence-electron chi connectivity index (χ1n) is 8.41. The Morgan fingerprint density at radius 1 is 0.783 bits per heavy atom. The lowest BCUT2D eigenvalue weighted by molar-refractivity contribution is -0.137. The van der Waals surface area contributed by atoms with Crippen LogP contribution in [-0.2, 0) is 9.59 Å². The summed E-state index contributed by atoms with van der Waals surface area (Å²) < 4.78 is 0. The molecular weight excluding hydrogens is 284 g/mol. The molecule has 120 valence electrons. The van der Waals surface area contributed by atoms with Crippen LogP contribution in [0.1, 0.15) is 56.1 Å². The second-order valence-electron chi connectivity index (χ2n) is 5.85. The Morgan fingerprint density at radius 2 is 1.30 bits per heavy atom. The van der Waals surface area contributed by atoms with Gasteiger partial charge in [0.15, 0.2) is 5.78 Å². The second kappa shape index (κ2) is 9.04. The van der Waals surface area contributed by atoms with E-state index in [0.29, 0.717) is 6.42 Å². The van der Waals surface area contributed by atoms with E-state index in [-0.39, 0.29) is 11.6 Å². The largest absolute Gasteiger partial charge is 0.291 e. The zero-order valence-electron chi connectivity index (χ0n) is 13.7. The van der Waals surface area contributed by atoms with Crippen molar-refractivity contribution in [3.8, 4) is 0 Å². The van der Waals surface area contributed by atoms with E-state index in [1.54, 1.807) is 0 Å². The smallest absolute Gasteiger partial charge is 0.210 e. The minimum absolute atomic E-state index is 0.251. The average Bonchev–Trinajstić information content (AvgIpc) is 2.60. The molecule has 2 aromatic carbocycles. The van der Waals surface area contributed by atoms with Crippen molar-refractivity contribution in [2.45, 2.75) is 44.9 Å².